The van der Waals surface area contributed by atoms with Crippen LogP contribution in [0.15, 0.2) is 18.2 Å². The molecule has 0 saturated heterocycles. The molecule has 3 heteroatoms. The number of benzene rings is 1. The second-order valence-corrected chi connectivity index (χ2v) is 4.69. The van der Waals surface area contributed by atoms with E-state index in [9.17, 15) is 4.79 Å². The van der Waals surface area contributed by atoms with Gasteiger partial charge in [-0.2, -0.15) is 0 Å². The average Bonchev–Trinajstić information content (AvgIpc) is 2.32. The number of hydrogen-bond donors (Lipinski definition) is 1. The molecule has 0 aliphatic rings. The van der Waals surface area contributed by atoms with Crippen LogP contribution in [-0.4, -0.2) is 35.6 Å². The summed E-state index contributed by atoms with van der Waals surface area (Å²) in [5.41, 5.74) is 3.68. The first-order valence-corrected chi connectivity index (χ1v) is 6.52. The molecule has 1 rings (SSSR count). The number of carbonyl (C=O) groups is 1. The highest BCUT2D eigenvalue weighted by molar-refractivity contribution is 5.76. The SMILES string of the molecule is CCN(CCO)C(=O)CCc1cc(C)cc(C)c1. The summed E-state index contributed by atoms with van der Waals surface area (Å²) < 4.78 is 0. The molecule has 0 bridgehead atoms. The molecule has 1 amide bonds. The van der Waals surface area contributed by atoms with Gasteiger partial charge >= 0.3 is 0 Å². The Balaban J connectivity index is 2.56. The molecule has 0 unspecified atom stereocenters. The zero-order chi connectivity index (χ0) is 13.5. The van der Waals surface area contributed by atoms with Gasteiger partial charge in [0.15, 0.2) is 0 Å². The number of aryl methyl sites for hydroxylation is 3. The van der Waals surface area contributed by atoms with Crippen molar-refractivity contribution >= 4 is 5.91 Å². The van der Waals surface area contributed by atoms with Crippen molar-refractivity contribution in [1.82, 2.24) is 4.90 Å². The Kier molecular flexibility index (Phi) is 5.86. The first-order chi connectivity index (χ1) is 8.56. The van der Waals surface area contributed by atoms with Gasteiger partial charge in [-0.1, -0.05) is 29.3 Å². The highest BCUT2D eigenvalue weighted by atomic mass is 16.3. The van der Waals surface area contributed by atoms with Gasteiger partial charge in [0.1, 0.15) is 0 Å². The summed E-state index contributed by atoms with van der Waals surface area (Å²) in [5, 5.41) is 8.88. The Morgan fingerprint density at radius 2 is 1.83 bits per heavy atom. The van der Waals surface area contributed by atoms with E-state index in [0.29, 0.717) is 19.5 Å². The molecule has 3 nitrogen and oxygen atoms in total. The van der Waals surface area contributed by atoms with Gasteiger partial charge in [0.25, 0.3) is 0 Å². The monoisotopic (exact) mass is 249 g/mol. The van der Waals surface area contributed by atoms with Crippen LogP contribution in [0.5, 0.6) is 0 Å². The number of aliphatic hydroxyl groups is 1. The van der Waals surface area contributed by atoms with Gasteiger partial charge in [-0.25, -0.2) is 0 Å². The molecular formula is C15H23NO2. The molecule has 0 heterocycles. The summed E-state index contributed by atoms with van der Waals surface area (Å²) >= 11 is 0. The minimum absolute atomic E-state index is 0.0309. The van der Waals surface area contributed by atoms with E-state index in [-0.39, 0.29) is 12.5 Å². The largest absolute Gasteiger partial charge is 0.395 e. The molecule has 1 N–H and O–H groups in total. The van der Waals surface area contributed by atoms with E-state index in [1.807, 2.05) is 6.92 Å². The lowest BCUT2D eigenvalue weighted by molar-refractivity contribution is -0.131. The zero-order valence-electron chi connectivity index (χ0n) is 11.6. The van der Waals surface area contributed by atoms with E-state index in [0.717, 1.165) is 6.42 Å². The molecule has 100 valence electrons. The number of rotatable bonds is 6. The molecular weight excluding hydrogens is 226 g/mol. The van der Waals surface area contributed by atoms with Crippen LogP contribution in [-0.2, 0) is 11.2 Å². The van der Waals surface area contributed by atoms with Crippen LogP contribution in [0.25, 0.3) is 0 Å². The topological polar surface area (TPSA) is 40.5 Å². The second kappa shape index (κ2) is 7.17. The van der Waals surface area contributed by atoms with E-state index >= 15 is 0 Å². The van der Waals surface area contributed by atoms with Crippen molar-refractivity contribution in [1.29, 1.82) is 0 Å². The van der Waals surface area contributed by atoms with Crippen LogP contribution >= 0.6 is 0 Å². The molecule has 0 saturated carbocycles. The van der Waals surface area contributed by atoms with Crippen LogP contribution in [0.2, 0.25) is 0 Å². The minimum atomic E-state index is 0.0309. The number of aliphatic hydroxyl groups excluding tert-OH is 1. The molecule has 18 heavy (non-hydrogen) atoms. The van der Waals surface area contributed by atoms with Gasteiger partial charge in [0.2, 0.25) is 5.91 Å². The first-order valence-electron chi connectivity index (χ1n) is 6.52. The third-order valence-electron chi connectivity index (χ3n) is 3.01. The van der Waals surface area contributed by atoms with E-state index in [2.05, 4.69) is 32.0 Å². The highest BCUT2D eigenvalue weighted by Gasteiger charge is 2.10. The Morgan fingerprint density at radius 1 is 1.22 bits per heavy atom. The number of amides is 1. The minimum Gasteiger partial charge on any atom is -0.395 e. The van der Waals surface area contributed by atoms with Crippen molar-refractivity contribution < 1.29 is 9.90 Å². The van der Waals surface area contributed by atoms with E-state index in [1.54, 1.807) is 4.90 Å². The fourth-order valence-corrected chi connectivity index (χ4v) is 2.20. The summed E-state index contributed by atoms with van der Waals surface area (Å²) in [6.07, 6.45) is 1.28. The Morgan fingerprint density at radius 3 is 2.33 bits per heavy atom. The normalized spacial score (nSPS) is 10.4. The molecule has 1 aromatic carbocycles. The van der Waals surface area contributed by atoms with Crippen molar-refractivity contribution in [2.24, 2.45) is 0 Å². The van der Waals surface area contributed by atoms with Crippen molar-refractivity contribution in [2.45, 2.75) is 33.6 Å². The molecule has 0 aliphatic heterocycles. The Labute approximate surface area is 109 Å². The standard InChI is InChI=1S/C15H23NO2/c1-4-16(7-8-17)15(18)6-5-14-10-12(2)9-13(3)11-14/h9-11,17H,4-8H2,1-3H3. The lowest BCUT2D eigenvalue weighted by Crippen LogP contribution is -2.33. The maximum absolute atomic E-state index is 11.9. The highest BCUT2D eigenvalue weighted by Crippen LogP contribution is 2.11. The number of likely N-dealkylation sites (N-methyl/N-ethyl adjacent to an activating group) is 1. The number of carbonyl (C=O) groups excluding carboxylic acids is 1. The maximum Gasteiger partial charge on any atom is 0.222 e. The van der Waals surface area contributed by atoms with Gasteiger partial charge in [0, 0.05) is 19.5 Å². The van der Waals surface area contributed by atoms with Crippen LogP contribution in [0, 0.1) is 13.8 Å². The lowest BCUT2D eigenvalue weighted by atomic mass is 10.0. The summed E-state index contributed by atoms with van der Waals surface area (Å²) in [5.74, 6) is 0.116. The molecule has 0 radical (unpaired) electrons. The third-order valence-corrected chi connectivity index (χ3v) is 3.01. The van der Waals surface area contributed by atoms with E-state index in [1.165, 1.54) is 16.7 Å². The van der Waals surface area contributed by atoms with Crippen molar-refractivity contribution in [3.8, 4) is 0 Å². The molecule has 0 aromatic heterocycles. The van der Waals surface area contributed by atoms with Gasteiger partial charge in [0.05, 0.1) is 6.61 Å². The van der Waals surface area contributed by atoms with Gasteiger partial charge in [-0.05, 0) is 32.8 Å². The van der Waals surface area contributed by atoms with E-state index in [4.69, 9.17) is 5.11 Å². The van der Waals surface area contributed by atoms with Crippen LogP contribution in [0.4, 0.5) is 0 Å². The smallest absolute Gasteiger partial charge is 0.222 e. The van der Waals surface area contributed by atoms with E-state index < -0.39 is 0 Å². The Hall–Kier alpha value is -1.35. The molecule has 0 spiro atoms. The molecule has 0 aliphatic carbocycles. The number of hydrogen-bond acceptors (Lipinski definition) is 2. The molecule has 0 atom stereocenters. The van der Waals surface area contributed by atoms with Gasteiger partial charge in [-0.15, -0.1) is 0 Å². The molecule has 1 aromatic rings. The maximum atomic E-state index is 11.9. The summed E-state index contributed by atoms with van der Waals surface area (Å²) in [6.45, 7) is 7.20. The van der Waals surface area contributed by atoms with Gasteiger partial charge < -0.3 is 10.0 Å². The Bertz CT molecular complexity index is 381. The second-order valence-electron chi connectivity index (χ2n) is 4.69. The quantitative estimate of drug-likeness (QED) is 0.838. The average molecular weight is 249 g/mol. The van der Waals surface area contributed by atoms with Gasteiger partial charge in [-0.3, -0.25) is 4.79 Å². The summed E-state index contributed by atoms with van der Waals surface area (Å²) in [7, 11) is 0. The fraction of sp³-hybridized carbons (Fsp3) is 0.533. The van der Waals surface area contributed by atoms with Crippen LogP contribution < -0.4 is 0 Å². The van der Waals surface area contributed by atoms with Crippen molar-refractivity contribution in [2.75, 3.05) is 19.7 Å². The molecule has 0 fully saturated rings. The number of nitrogens with zero attached hydrogens (tertiary/aromatic N) is 1. The predicted molar refractivity (Wildman–Crippen MR) is 73.6 cm³/mol. The lowest BCUT2D eigenvalue weighted by Gasteiger charge is -2.19. The van der Waals surface area contributed by atoms with Crippen molar-refractivity contribution in [3.63, 3.8) is 0 Å². The first kappa shape index (κ1) is 14.7. The predicted octanol–water partition coefficient (Wildman–Crippen LogP) is 2.08. The van der Waals surface area contributed by atoms with Crippen LogP contribution in [0.1, 0.15) is 30.0 Å². The summed E-state index contributed by atoms with van der Waals surface area (Å²) in [4.78, 5) is 13.6. The third kappa shape index (κ3) is 4.49. The zero-order valence-corrected chi connectivity index (χ0v) is 11.6. The fourth-order valence-electron chi connectivity index (χ4n) is 2.20. The van der Waals surface area contributed by atoms with Crippen LogP contribution in [0.3, 0.4) is 0 Å². The van der Waals surface area contributed by atoms with Crippen molar-refractivity contribution in [3.05, 3.63) is 34.9 Å². The summed E-state index contributed by atoms with van der Waals surface area (Å²) in [6, 6.07) is 6.39.